The second-order valence-corrected chi connectivity index (χ2v) is 5.39. The first kappa shape index (κ1) is 13.1. The third-order valence-corrected chi connectivity index (χ3v) is 3.34. The number of carbonyl (C=O) groups is 1. The Hall–Kier alpha value is -1.92. The Kier molecular flexibility index (Phi) is 3.19. The normalized spacial score (nSPS) is 13.7. The quantitative estimate of drug-likeness (QED) is 0.904. The fourth-order valence-corrected chi connectivity index (χ4v) is 2.44. The summed E-state index contributed by atoms with van der Waals surface area (Å²) in [6.07, 6.45) is 0. The Morgan fingerprint density at radius 1 is 1.40 bits per heavy atom. The fraction of sp³-hybridized carbons (Fsp3) is 0.308. The second-order valence-electron chi connectivity index (χ2n) is 4.95. The van der Waals surface area contributed by atoms with Crippen LogP contribution in [0.1, 0.15) is 22.0 Å². The predicted octanol–water partition coefficient (Wildman–Crippen LogP) is 1.23. The summed E-state index contributed by atoms with van der Waals surface area (Å²) < 4.78 is 1.92. The Bertz CT molecular complexity index is 679. The molecule has 20 heavy (non-hydrogen) atoms. The van der Waals surface area contributed by atoms with E-state index in [-0.39, 0.29) is 5.91 Å². The zero-order valence-electron chi connectivity index (χ0n) is 11.2. The van der Waals surface area contributed by atoms with Crippen LogP contribution in [0.2, 0.25) is 5.02 Å². The number of amides is 1. The zero-order chi connectivity index (χ0) is 14.3. The SMILES string of the molecule is CN(C)Cc1nnc2n1-c1ccc(Cl)cc1C(=O)NC2. The first-order valence-electron chi connectivity index (χ1n) is 6.22. The number of carbonyl (C=O) groups excluding carboxylic acids is 1. The molecule has 3 rings (SSSR count). The van der Waals surface area contributed by atoms with Gasteiger partial charge in [-0.2, -0.15) is 0 Å². The van der Waals surface area contributed by atoms with Crippen LogP contribution in [0.3, 0.4) is 0 Å². The predicted molar refractivity (Wildman–Crippen MR) is 74.9 cm³/mol. The van der Waals surface area contributed by atoms with Crippen LogP contribution in [0.25, 0.3) is 5.69 Å². The van der Waals surface area contributed by atoms with E-state index in [0.29, 0.717) is 23.7 Å². The van der Waals surface area contributed by atoms with E-state index in [1.54, 1.807) is 12.1 Å². The minimum absolute atomic E-state index is 0.149. The number of halogens is 1. The lowest BCUT2D eigenvalue weighted by Crippen LogP contribution is -2.21. The monoisotopic (exact) mass is 291 g/mol. The fourth-order valence-electron chi connectivity index (χ4n) is 2.27. The van der Waals surface area contributed by atoms with Gasteiger partial charge in [0, 0.05) is 5.02 Å². The van der Waals surface area contributed by atoms with E-state index in [1.807, 2.05) is 29.6 Å². The molecule has 0 spiro atoms. The van der Waals surface area contributed by atoms with Crippen LogP contribution in [0.15, 0.2) is 18.2 Å². The van der Waals surface area contributed by atoms with Crippen molar-refractivity contribution in [3.05, 3.63) is 40.4 Å². The van der Waals surface area contributed by atoms with E-state index in [9.17, 15) is 4.79 Å². The van der Waals surface area contributed by atoms with Gasteiger partial charge in [0.2, 0.25) is 0 Å². The van der Waals surface area contributed by atoms with Crippen molar-refractivity contribution in [2.24, 2.45) is 0 Å². The van der Waals surface area contributed by atoms with Crippen LogP contribution < -0.4 is 5.32 Å². The summed E-state index contributed by atoms with van der Waals surface area (Å²) in [5, 5.41) is 11.7. The standard InChI is InChI=1S/C13H14ClN5O/c1-18(2)7-12-17-16-11-6-15-13(20)9-5-8(14)3-4-10(9)19(11)12/h3-5H,6-7H2,1-2H3,(H,15,20). The molecular formula is C13H14ClN5O. The second kappa shape index (κ2) is 4.88. The lowest BCUT2D eigenvalue weighted by atomic mass is 10.1. The lowest BCUT2D eigenvalue weighted by molar-refractivity contribution is 0.0952. The zero-order valence-corrected chi connectivity index (χ0v) is 12.0. The molecule has 1 amide bonds. The molecule has 0 atom stereocenters. The number of hydrogen-bond acceptors (Lipinski definition) is 4. The van der Waals surface area contributed by atoms with Crippen molar-refractivity contribution in [1.82, 2.24) is 25.0 Å². The van der Waals surface area contributed by atoms with E-state index in [1.165, 1.54) is 0 Å². The molecule has 6 nitrogen and oxygen atoms in total. The van der Waals surface area contributed by atoms with Crippen molar-refractivity contribution < 1.29 is 4.79 Å². The third kappa shape index (κ3) is 2.17. The Morgan fingerprint density at radius 3 is 2.95 bits per heavy atom. The smallest absolute Gasteiger partial charge is 0.253 e. The van der Waals surface area contributed by atoms with Gasteiger partial charge in [0.15, 0.2) is 11.6 Å². The lowest BCUT2D eigenvalue weighted by Gasteiger charge is -2.13. The summed E-state index contributed by atoms with van der Waals surface area (Å²) in [6, 6.07) is 5.26. The van der Waals surface area contributed by atoms with Gasteiger partial charge in [0.1, 0.15) is 0 Å². The molecule has 104 valence electrons. The number of nitrogens with zero attached hydrogens (tertiary/aromatic N) is 4. The van der Waals surface area contributed by atoms with Gasteiger partial charge in [0.25, 0.3) is 5.91 Å². The summed E-state index contributed by atoms with van der Waals surface area (Å²) in [5.74, 6) is 1.37. The maximum atomic E-state index is 12.1. The van der Waals surface area contributed by atoms with Crippen molar-refractivity contribution in [2.75, 3.05) is 14.1 Å². The number of hydrogen-bond donors (Lipinski definition) is 1. The molecule has 1 aromatic carbocycles. The van der Waals surface area contributed by atoms with Crippen LogP contribution in [-0.2, 0) is 13.1 Å². The molecule has 1 aliphatic heterocycles. The van der Waals surface area contributed by atoms with Crippen molar-refractivity contribution in [1.29, 1.82) is 0 Å². The van der Waals surface area contributed by atoms with Gasteiger partial charge in [-0.05, 0) is 32.3 Å². The molecule has 0 saturated heterocycles. The van der Waals surface area contributed by atoms with Crippen LogP contribution in [0.5, 0.6) is 0 Å². The molecule has 1 aromatic heterocycles. The molecule has 0 aliphatic carbocycles. The van der Waals surface area contributed by atoms with Crippen molar-refractivity contribution in [2.45, 2.75) is 13.1 Å². The number of benzene rings is 1. The van der Waals surface area contributed by atoms with Gasteiger partial charge in [-0.15, -0.1) is 10.2 Å². The molecule has 2 aromatic rings. The Labute approximate surface area is 121 Å². The summed E-state index contributed by atoms with van der Waals surface area (Å²) in [6.45, 7) is 0.995. The molecule has 0 unspecified atom stereocenters. The molecule has 0 radical (unpaired) electrons. The summed E-state index contributed by atoms with van der Waals surface area (Å²) >= 11 is 5.99. The molecule has 0 saturated carbocycles. The van der Waals surface area contributed by atoms with Crippen LogP contribution in [0.4, 0.5) is 0 Å². The molecule has 1 aliphatic rings. The summed E-state index contributed by atoms with van der Waals surface area (Å²) in [4.78, 5) is 14.1. The topological polar surface area (TPSA) is 63.1 Å². The largest absolute Gasteiger partial charge is 0.345 e. The summed E-state index contributed by atoms with van der Waals surface area (Å²) in [7, 11) is 3.93. The minimum atomic E-state index is -0.149. The van der Waals surface area contributed by atoms with Gasteiger partial charge < -0.3 is 10.2 Å². The van der Waals surface area contributed by atoms with E-state index in [2.05, 4.69) is 15.5 Å². The highest BCUT2D eigenvalue weighted by Crippen LogP contribution is 2.24. The highest BCUT2D eigenvalue weighted by molar-refractivity contribution is 6.31. The number of nitrogens with one attached hydrogen (secondary N) is 1. The van der Waals surface area contributed by atoms with Gasteiger partial charge in [-0.1, -0.05) is 11.6 Å². The van der Waals surface area contributed by atoms with Crippen molar-refractivity contribution >= 4 is 17.5 Å². The average molecular weight is 292 g/mol. The number of rotatable bonds is 2. The van der Waals surface area contributed by atoms with Gasteiger partial charge in [-0.25, -0.2) is 0 Å². The van der Waals surface area contributed by atoms with Gasteiger partial charge in [-0.3, -0.25) is 9.36 Å². The highest BCUT2D eigenvalue weighted by Gasteiger charge is 2.24. The van der Waals surface area contributed by atoms with Crippen LogP contribution in [-0.4, -0.2) is 39.7 Å². The Morgan fingerprint density at radius 2 is 2.20 bits per heavy atom. The van der Waals surface area contributed by atoms with E-state index in [0.717, 1.165) is 17.3 Å². The number of aromatic nitrogens is 3. The molecular weight excluding hydrogens is 278 g/mol. The van der Waals surface area contributed by atoms with Gasteiger partial charge in [0.05, 0.1) is 24.3 Å². The average Bonchev–Trinajstić information content (AvgIpc) is 2.71. The third-order valence-electron chi connectivity index (χ3n) is 3.11. The van der Waals surface area contributed by atoms with Crippen LogP contribution in [0, 0.1) is 0 Å². The number of fused-ring (bicyclic) bond motifs is 3. The molecule has 1 N–H and O–H groups in total. The van der Waals surface area contributed by atoms with Crippen molar-refractivity contribution in [3.8, 4) is 5.69 Å². The molecule has 0 fully saturated rings. The van der Waals surface area contributed by atoms with Crippen LogP contribution >= 0.6 is 11.6 Å². The minimum Gasteiger partial charge on any atom is -0.345 e. The first-order valence-corrected chi connectivity index (χ1v) is 6.60. The first-order chi connectivity index (χ1) is 9.56. The summed E-state index contributed by atoms with van der Waals surface area (Å²) in [5.41, 5.74) is 1.30. The maximum Gasteiger partial charge on any atom is 0.253 e. The molecule has 7 heteroatoms. The maximum absolute atomic E-state index is 12.1. The molecule has 0 bridgehead atoms. The Balaban J connectivity index is 2.21. The van der Waals surface area contributed by atoms with E-state index < -0.39 is 0 Å². The van der Waals surface area contributed by atoms with E-state index in [4.69, 9.17) is 11.6 Å². The van der Waals surface area contributed by atoms with Crippen molar-refractivity contribution in [3.63, 3.8) is 0 Å². The van der Waals surface area contributed by atoms with Gasteiger partial charge >= 0.3 is 0 Å². The highest BCUT2D eigenvalue weighted by atomic mass is 35.5. The van der Waals surface area contributed by atoms with E-state index >= 15 is 0 Å². The molecule has 2 heterocycles.